The fraction of sp³-hybridized carbons (Fsp3) is 0.263. The quantitative estimate of drug-likeness (QED) is 0.810. The van der Waals surface area contributed by atoms with Crippen LogP contribution in [0.3, 0.4) is 0 Å². The highest BCUT2D eigenvalue weighted by atomic mass is 16.5. The number of carbonyl (C=O) groups is 2. The molecule has 2 N–H and O–H groups in total. The van der Waals surface area contributed by atoms with E-state index in [0.717, 1.165) is 11.3 Å². The van der Waals surface area contributed by atoms with Crippen molar-refractivity contribution in [3.05, 3.63) is 54.1 Å². The highest BCUT2D eigenvalue weighted by molar-refractivity contribution is 5.94. The molecule has 6 nitrogen and oxygen atoms in total. The van der Waals surface area contributed by atoms with Crippen molar-refractivity contribution in [2.24, 2.45) is 0 Å². The minimum absolute atomic E-state index is 0.142. The Morgan fingerprint density at radius 2 is 1.68 bits per heavy atom. The highest BCUT2D eigenvalue weighted by Gasteiger charge is 2.14. The maximum absolute atomic E-state index is 12.2. The predicted octanol–water partition coefficient (Wildman–Crippen LogP) is 3.20. The first kappa shape index (κ1) is 18.5. The molecule has 0 aromatic heterocycles. The Labute approximate surface area is 147 Å². The Morgan fingerprint density at radius 1 is 1.04 bits per heavy atom. The molecular weight excluding hydrogens is 320 g/mol. The van der Waals surface area contributed by atoms with E-state index in [4.69, 9.17) is 9.47 Å². The van der Waals surface area contributed by atoms with Gasteiger partial charge in [0.2, 0.25) is 5.91 Å². The molecule has 0 aliphatic carbocycles. The Kier molecular flexibility index (Phi) is 6.54. The Bertz CT molecular complexity index is 728. The molecular formula is C19H22N2O4. The summed E-state index contributed by atoms with van der Waals surface area (Å²) in [5, 5.41) is 5.45. The van der Waals surface area contributed by atoms with Crippen molar-refractivity contribution in [3.63, 3.8) is 0 Å². The van der Waals surface area contributed by atoms with Gasteiger partial charge in [-0.3, -0.25) is 9.59 Å². The van der Waals surface area contributed by atoms with Gasteiger partial charge >= 0.3 is 0 Å². The number of amides is 2. The van der Waals surface area contributed by atoms with E-state index in [1.54, 1.807) is 38.3 Å². The molecule has 0 spiro atoms. The fourth-order valence-corrected chi connectivity index (χ4v) is 2.14. The van der Waals surface area contributed by atoms with Crippen LogP contribution in [0.2, 0.25) is 0 Å². The zero-order chi connectivity index (χ0) is 18.2. The third-order valence-electron chi connectivity index (χ3n) is 3.48. The Balaban J connectivity index is 1.86. The van der Waals surface area contributed by atoms with Gasteiger partial charge < -0.3 is 20.1 Å². The van der Waals surface area contributed by atoms with Crippen molar-refractivity contribution in [3.8, 4) is 5.75 Å². The maximum Gasteiger partial charge on any atom is 0.253 e. The van der Waals surface area contributed by atoms with Crippen molar-refractivity contribution in [2.45, 2.75) is 26.6 Å². The number of anilines is 2. The molecule has 0 aliphatic rings. The fourth-order valence-electron chi connectivity index (χ4n) is 2.14. The van der Waals surface area contributed by atoms with E-state index in [1.165, 1.54) is 6.92 Å². The average Bonchev–Trinajstić information content (AvgIpc) is 2.61. The first-order valence-corrected chi connectivity index (χ1v) is 7.91. The summed E-state index contributed by atoms with van der Waals surface area (Å²) in [6.07, 6.45) is -0.610. The summed E-state index contributed by atoms with van der Waals surface area (Å²) < 4.78 is 10.8. The van der Waals surface area contributed by atoms with Crippen LogP contribution in [0.25, 0.3) is 0 Å². The molecule has 0 aliphatic heterocycles. The molecule has 2 aromatic rings. The molecule has 2 aromatic carbocycles. The number of hydrogen-bond donors (Lipinski definition) is 2. The van der Waals surface area contributed by atoms with E-state index < -0.39 is 6.10 Å². The normalized spacial score (nSPS) is 11.5. The largest absolute Gasteiger partial charge is 0.497 e. The molecule has 132 valence electrons. The standard InChI is InChI=1S/C19H22N2O4/c1-13(25-12-15-5-4-6-18(11-15)24-3)19(23)21-17-9-7-16(8-10-17)20-14(2)22/h4-11,13H,12H2,1-3H3,(H,20,22)(H,21,23). The second-order valence-electron chi connectivity index (χ2n) is 5.55. The lowest BCUT2D eigenvalue weighted by atomic mass is 10.2. The van der Waals surface area contributed by atoms with E-state index in [0.29, 0.717) is 18.0 Å². The number of carbonyl (C=O) groups excluding carboxylic acids is 2. The molecule has 0 saturated heterocycles. The molecule has 0 saturated carbocycles. The van der Waals surface area contributed by atoms with Crippen molar-refractivity contribution in [2.75, 3.05) is 17.7 Å². The number of hydrogen-bond acceptors (Lipinski definition) is 4. The summed E-state index contributed by atoms with van der Waals surface area (Å²) in [6, 6.07) is 14.4. The number of benzene rings is 2. The van der Waals surface area contributed by atoms with Gasteiger partial charge in [0, 0.05) is 18.3 Å². The van der Waals surface area contributed by atoms with E-state index in [1.807, 2.05) is 24.3 Å². The molecule has 0 heterocycles. The van der Waals surface area contributed by atoms with Crippen LogP contribution in [-0.4, -0.2) is 25.0 Å². The van der Waals surface area contributed by atoms with E-state index in [2.05, 4.69) is 10.6 Å². The molecule has 25 heavy (non-hydrogen) atoms. The summed E-state index contributed by atoms with van der Waals surface area (Å²) in [5.74, 6) is 0.365. The minimum Gasteiger partial charge on any atom is -0.497 e. The van der Waals surface area contributed by atoms with Gasteiger partial charge in [-0.1, -0.05) is 12.1 Å². The second-order valence-corrected chi connectivity index (χ2v) is 5.55. The van der Waals surface area contributed by atoms with Gasteiger partial charge in [0.25, 0.3) is 5.91 Å². The van der Waals surface area contributed by atoms with Gasteiger partial charge in [-0.15, -0.1) is 0 Å². The summed E-state index contributed by atoms with van der Waals surface area (Å²) in [6.45, 7) is 3.45. The Hall–Kier alpha value is -2.86. The first-order chi connectivity index (χ1) is 12.0. The molecule has 6 heteroatoms. The SMILES string of the molecule is COc1cccc(COC(C)C(=O)Nc2ccc(NC(C)=O)cc2)c1. The van der Waals surface area contributed by atoms with Gasteiger partial charge in [-0.25, -0.2) is 0 Å². The van der Waals surface area contributed by atoms with Crippen molar-refractivity contribution >= 4 is 23.2 Å². The monoisotopic (exact) mass is 342 g/mol. The van der Waals surface area contributed by atoms with E-state index >= 15 is 0 Å². The van der Waals surface area contributed by atoms with Crippen molar-refractivity contribution in [1.29, 1.82) is 0 Å². The highest BCUT2D eigenvalue weighted by Crippen LogP contribution is 2.16. The van der Waals surface area contributed by atoms with Crippen molar-refractivity contribution in [1.82, 2.24) is 0 Å². The molecule has 2 amide bonds. The molecule has 0 fully saturated rings. The minimum atomic E-state index is -0.610. The number of rotatable bonds is 7. The molecule has 0 radical (unpaired) electrons. The van der Waals surface area contributed by atoms with Crippen molar-refractivity contribution < 1.29 is 19.1 Å². The summed E-state index contributed by atoms with van der Waals surface area (Å²) >= 11 is 0. The number of ether oxygens (including phenoxy) is 2. The zero-order valence-corrected chi connectivity index (χ0v) is 14.5. The van der Waals surface area contributed by atoms with Crippen LogP contribution in [0.15, 0.2) is 48.5 Å². The third kappa shape index (κ3) is 5.93. The van der Waals surface area contributed by atoms with Gasteiger partial charge in [0.15, 0.2) is 0 Å². The summed E-state index contributed by atoms with van der Waals surface area (Å²) in [4.78, 5) is 23.2. The topological polar surface area (TPSA) is 76.7 Å². The lowest BCUT2D eigenvalue weighted by molar-refractivity contribution is -0.127. The van der Waals surface area contributed by atoms with Crippen LogP contribution >= 0.6 is 0 Å². The average molecular weight is 342 g/mol. The number of methoxy groups -OCH3 is 1. The number of nitrogens with one attached hydrogen (secondary N) is 2. The lowest BCUT2D eigenvalue weighted by Gasteiger charge is -2.14. The molecule has 1 atom stereocenters. The van der Waals surface area contributed by atoms with Crippen LogP contribution in [0, 0.1) is 0 Å². The van der Waals surface area contributed by atoms with Gasteiger partial charge in [0.1, 0.15) is 11.9 Å². The van der Waals surface area contributed by atoms with Crippen LogP contribution < -0.4 is 15.4 Å². The summed E-state index contributed by atoms with van der Waals surface area (Å²) in [7, 11) is 1.60. The first-order valence-electron chi connectivity index (χ1n) is 7.91. The Morgan fingerprint density at radius 3 is 2.28 bits per heavy atom. The van der Waals surface area contributed by atoms with Crippen LogP contribution in [0.1, 0.15) is 19.4 Å². The summed E-state index contributed by atoms with van der Waals surface area (Å²) in [5.41, 5.74) is 2.24. The van der Waals surface area contributed by atoms with E-state index in [-0.39, 0.29) is 11.8 Å². The van der Waals surface area contributed by atoms with Gasteiger partial charge in [-0.2, -0.15) is 0 Å². The predicted molar refractivity (Wildman–Crippen MR) is 96.6 cm³/mol. The van der Waals surface area contributed by atoms with Crippen LogP contribution in [0.5, 0.6) is 5.75 Å². The molecule has 0 bridgehead atoms. The zero-order valence-electron chi connectivity index (χ0n) is 14.5. The maximum atomic E-state index is 12.2. The van der Waals surface area contributed by atoms with E-state index in [9.17, 15) is 9.59 Å². The van der Waals surface area contributed by atoms with Crippen LogP contribution in [0.4, 0.5) is 11.4 Å². The smallest absolute Gasteiger partial charge is 0.253 e. The van der Waals surface area contributed by atoms with Gasteiger partial charge in [-0.05, 0) is 48.9 Å². The lowest BCUT2D eigenvalue weighted by Crippen LogP contribution is -2.27. The molecule has 2 rings (SSSR count). The second kappa shape index (κ2) is 8.84. The molecule has 1 unspecified atom stereocenters. The van der Waals surface area contributed by atoms with Crippen LogP contribution in [-0.2, 0) is 20.9 Å². The third-order valence-corrected chi connectivity index (χ3v) is 3.48. The van der Waals surface area contributed by atoms with Gasteiger partial charge in [0.05, 0.1) is 13.7 Å².